The summed E-state index contributed by atoms with van der Waals surface area (Å²) in [6.45, 7) is 3.68. The van der Waals surface area contributed by atoms with Crippen molar-refractivity contribution in [3.8, 4) is 0 Å². The molecular weight excluding hydrogens is 393 g/mol. The Labute approximate surface area is 170 Å². The minimum Gasteiger partial charge on any atom is -0.463 e. The maximum Gasteiger partial charge on any atom is 0.332 e. The van der Waals surface area contributed by atoms with Gasteiger partial charge >= 0.3 is 5.97 Å². The molecule has 0 aromatic heterocycles. The van der Waals surface area contributed by atoms with Gasteiger partial charge in [-0.05, 0) is 49.8 Å². The van der Waals surface area contributed by atoms with Crippen molar-refractivity contribution in [2.45, 2.75) is 18.7 Å². The summed E-state index contributed by atoms with van der Waals surface area (Å²) >= 11 is 0. The lowest BCUT2D eigenvalue weighted by Crippen LogP contribution is -2.23. The minimum atomic E-state index is -3.87. The van der Waals surface area contributed by atoms with E-state index in [0.717, 1.165) is 17.2 Å². The number of carbonyl (C=O) groups is 1. The van der Waals surface area contributed by atoms with E-state index >= 15 is 0 Å². The first-order chi connectivity index (χ1) is 13.8. The molecule has 29 heavy (non-hydrogen) atoms. The van der Waals surface area contributed by atoms with Crippen LogP contribution in [0.3, 0.4) is 0 Å². The summed E-state index contributed by atoms with van der Waals surface area (Å²) in [6.07, 6.45) is 7.42. The molecule has 0 atom stereocenters. The molecular formula is C22H22FNO4S. The molecule has 0 spiro atoms. The van der Waals surface area contributed by atoms with Gasteiger partial charge in [0.1, 0.15) is 5.82 Å². The number of allylic oxidation sites excluding steroid dienone is 3. The summed E-state index contributed by atoms with van der Waals surface area (Å²) in [5.41, 5.74) is 1.75. The van der Waals surface area contributed by atoms with Crippen LogP contribution in [0, 0.1) is 12.7 Å². The van der Waals surface area contributed by atoms with Crippen LogP contribution in [-0.4, -0.2) is 21.0 Å². The number of nitrogens with one attached hydrogen (secondary N) is 1. The smallest absolute Gasteiger partial charge is 0.332 e. The van der Waals surface area contributed by atoms with Crippen LogP contribution < -0.4 is 4.72 Å². The number of sulfonamides is 1. The molecule has 0 aliphatic rings. The van der Waals surface area contributed by atoms with Crippen molar-refractivity contribution in [2.24, 2.45) is 0 Å². The van der Waals surface area contributed by atoms with Gasteiger partial charge in [0.05, 0.1) is 17.2 Å². The molecule has 1 N–H and O–H groups in total. The topological polar surface area (TPSA) is 72.5 Å². The Morgan fingerprint density at radius 1 is 1.07 bits per heavy atom. The summed E-state index contributed by atoms with van der Waals surface area (Å²) in [7, 11) is -3.87. The highest BCUT2D eigenvalue weighted by Gasteiger charge is 2.15. The van der Waals surface area contributed by atoms with Crippen molar-refractivity contribution < 1.29 is 22.3 Å². The lowest BCUT2D eigenvalue weighted by molar-refractivity contribution is -0.137. The predicted molar refractivity (Wildman–Crippen MR) is 111 cm³/mol. The molecule has 2 rings (SSSR count). The van der Waals surface area contributed by atoms with Crippen LogP contribution in [0.25, 0.3) is 6.08 Å². The van der Waals surface area contributed by atoms with E-state index in [0.29, 0.717) is 0 Å². The van der Waals surface area contributed by atoms with Gasteiger partial charge in [0, 0.05) is 6.08 Å². The molecule has 0 saturated carbocycles. The second-order valence-corrected chi connectivity index (χ2v) is 7.72. The van der Waals surface area contributed by atoms with Gasteiger partial charge in [-0.2, -0.15) is 0 Å². The van der Waals surface area contributed by atoms with Crippen molar-refractivity contribution in [1.29, 1.82) is 0 Å². The number of esters is 1. The van der Waals surface area contributed by atoms with Crippen LogP contribution in [0.1, 0.15) is 18.1 Å². The third kappa shape index (κ3) is 7.38. The lowest BCUT2D eigenvalue weighted by atomic mass is 10.2. The largest absolute Gasteiger partial charge is 0.463 e. The molecule has 0 bridgehead atoms. The van der Waals surface area contributed by atoms with Crippen molar-refractivity contribution in [1.82, 2.24) is 4.72 Å². The van der Waals surface area contributed by atoms with Crippen molar-refractivity contribution in [2.75, 3.05) is 6.61 Å². The number of ether oxygens (including phenoxy) is 1. The van der Waals surface area contributed by atoms with Gasteiger partial charge in [0.2, 0.25) is 0 Å². The second kappa shape index (κ2) is 10.4. The molecule has 2 aromatic rings. The zero-order chi connectivity index (χ0) is 21.3. The van der Waals surface area contributed by atoms with Crippen LogP contribution in [0.4, 0.5) is 4.39 Å². The molecule has 5 nitrogen and oxygen atoms in total. The highest BCUT2D eigenvalue weighted by atomic mass is 32.2. The summed E-state index contributed by atoms with van der Waals surface area (Å²) in [4.78, 5) is 11.9. The van der Waals surface area contributed by atoms with E-state index in [1.807, 2.05) is 6.92 Å². The molecule has 0 saturated heterocycles. The Kier molecular flexibility index (Phi) is 7.91. The zero-order valence-electron chi connectivity index (χ0n) is 16.1. The van der Waals surface area contributed by atoms with Crippen molar-refractivity contribution in [3.05, 3.63) is 95.5 Å². The Balaban J connectivity index is 2.21. The first-order valence-corrected chi connectivity index (χ1v) is 10.4. The van der Waals surface area contributed by atoms with Gasteiger partial charge in [-0.3, -0.25) is 4.72 Å². The second-order valence-electron chi connectivity index (χ2n) is 6.04. The summed E-state index contributed by atoms with van der Waals surface area (Å²) < 4.78 is 45.4. The molecule has 152 valence electrons. The third-order valence-corrected chi connectivity index (χ3v) is 5.09. The number of hydrogen-bond donors (Lipinski definition) is 1. The number of rotatable bonds is 8. The average Bonchev–Trinajstić information content (AvgIpc) is 2.67. The first-order valence-electron chi connectivity index (χ1n) is 8.88. The van der Waals surface area contributed by atoms with E-state index in [1.54, 1.807) is 49.4 Å². The maximum absolute atomic E-state index is 12.9. The van der Waals surface area contributed by atoms with E-state index < -0.39 is 16.0 Å². The number of benzene rings is 2. The van der Waals surface area contributed by atoms with Crippen LogP contribution in [-0.2, 0) is 19.6 Å². The number of halogens is 1. The Morgan fingerprint density at radius 3 is 2.34 bits per heavy atom. The molecule has 7 heteroatoms. The monoisotopic (exact) mass is 415 g/mol. The Hall–Kier alpha value is -3.19. The van der Waals surface area contributed by atoms with Gasteiger partial charge in [-0.15, -0.1) is 0 Å². The van der Waals surface area contributed by atoms with Gasteiger partial charge in [-0.1, -0.05) is 48.1 Å². The van der Waals surface area contributed by atoms with Gasteiger partial charge < -0.3 is 4.74 Å². The van der Waals surface area contributed by atoms with Crippen LogP contribution in [0.5, 0.6) is 0 Å². The van der Waals surface area contributed by atoms with Gasteiger partial charge in [-0.25, -0.2) is 17.6 Å². The highest BCUT2D eigenvalue weighted by molar-refractivity contribution is 7.89. The summed E-state index contributed by atoms with van der Waals surface area (Å²) in [5, 5.41) is 0. The van der Waals surface area contributed by atoms with Crippen LogP contribution >= 0.6 is 0 Å². The van der Waals surface area contributed by atoms with E-state index in [1.165, 1.54) is 30.3 Å². The van der Waals surface area contributed by atoms with Crippen molar-refractivity contribution in [3.63, 3.8) is 0 Å². The third-order valence-electron chi connectivity index (χ3n) is 3.69. The fourth-order valence-corrected chi connectivity index (χ4v) is 3.30. The minimum absolute atomic E-state index is 0.0489. The zero-order valence-corrected chi connectivity index (χ0v) is 16.9. The molecule has 0 fully saturated rings. The molecule has 0 unspecified atom stereocenters. The Bertz CT molecular complexity index is 1020. The quantitative estimate of drug-likeness (QED) is 0.400. The standard InChI is InChI=1S/C22H22FNO4S/c1-3-28-22(25)16-20(7-5-4-6-18-10-12-19(23)13-11-18)24-29(26,27)21-14-8-17(2)9-15-21/h4-16,24H,3H2,1-2H3/b6-4+,7-5+,20-16-. The Morgan fingerprint density at radius 2 is 1.72 bits per heavy atom. The first kappa shape index (κ1) is 22.1. The molecule has 0 heterocycles. The molecule has 0 aliphatic heterocycles. The maximum atomic E-state index is 12.9. The van der Waals surface area contributed by atoms with Gasteiger partial charge in [0.25, 0.3) is 10.0 Å². The normalized spacial score (nSPS) is 12.4. The fraction of sp³-hybridized carbons (Fsp3) is 0.136. The van der Waals surface area contributed by atoms with Crippen LogP contribution in [0.15, 0.2) is 83.4 Å². The van der Waals surface area contributed by atoms with Crippen LogP contribution in [0.2, 0.25) is 0 Å². The average molecular weight is 415 g/mol. The SMILES string of the molecule is CCOC(=O)/C=C(/C=C/C=C/c1ccc(F)cc1)NS(=O)(=O)c1ccc(C)cc1. The predicted octanol–water partition coefficient (Wildman–Crippen LogP) is 4.13. The van der Waals surface area contributed by atoms with Crippen molar-refractivity contribution >= 4 is 22.1 Å². The van der Waals surface area contributed by atoms with Gasteiger partial charge in [0.15, 0.2) is 0 Å². The fourth-order valence-electron chi connectivity index (χ4n) is 2.25. The molecule has 2 aromatic carbocycles. The molecule has 0 amide bonds. The lowest BCUT2D eigenvalue weighted by Gasteiger charge is -2.09. The highest BCUT2D eigenvalue weighted by Crippen LogP contribution is 2.12. The summed E-state index contributed by atoms with van der Waals surface area (Å²) in [6, 6.07) is 12.2. The molecule has 0 aliphatic carbocycles. The number of aryl methyl sites for hydroxylation is 1. The number of hydrogen-bond acceptors (Lipinski definition) is 4. The molecule has 0 radical (unpaired) electrons. The summed E-state index contributed by atoms with van der Waals surface area (Å²) in [5.74, 6) is -0.996. The van der Waals surface area contributed by atoms with E-state index in [9.17, 15) is 17.6 Å². The number of carbonyl (C=O) groups excluding carboxylic acids is 1. The van der Waals surface area contributed by atoms with E-state index in [2.05, 4.69) is 4.72 Å². The van der Waals surface area contributed by atoms with E-state index in [4.69, 9.17) is 4.74 Å². The van der Waals surface area contributed by atoms with E-state index in [-0.39, 0.29) is 23.0 Å².